The first-order valence-corrected chi connectivity index (χ1v) is 6.37. The number of anilines is 1. The summed E-state index contributed by atoms with van der Waals surface area (Å²) in [7, 11) is 0. The molecule has 1 aromatic carbocycles. The second-order valence-electron chi connectivity index (χ2n) is 5.01. The van der Waals surface area contributed by atoms with E-state index in [2.05, 4.69) is 6.58 Å². The number of nitrogens with two attached hydrogens (primary N) is 1. The highest BCUT2D eigenvalue weighted by Crippen LogP contribution is 2.40. The predicted molar refractivity (Wildman–Crippen MR) is 68.8 cm³/mol. The van der Waals surface area contributed by atoms with Gasteiger partial charge in [0.05, 0.1) is 0 Å². The molecule has 84 valence electrons. The summed E-state index contributed by atoms with van der Waals surface area (Å²) in [6.07, 6.45) is 10.5. The highest BCUT2D eigenvalue weighted by atomic mass is 14.6. The third-order valence-corrected chi connectivity index (χ3v) is 4.16. The molecule has 2 aliphatic carbocycles. The minimum atomic E-state index is 1.03. The van der Waals surface area contributed by atoms with E-state index in [1.807, 2.05) is 6.08 Å². The zero-order valence-electron chi connectivity index (χ0n) is 9.81. The first-order chi connectivity index (χ1) is 7.83. The molecule has 0 spiro atoms. The Labute approximate surface area is 97.4 Å². The lowest BCUT2D eigenvalue weighted by Crippen LogP contribution is -2.05. The largest absolute Gasteiger partial charge is 0.398 e. The fourth-order valence-electron chi connectivity index (χ4n) is 3.50. The van der Waals surface area contributed by atoms with E-state index in [-0.39, 0.29) is 0 Å². The molecule has 0 aromatic heterocycles. The van der Waals surface area contributed by atoms with E-state index >= 15 is 0 Å². The van der Waals surface area contributed by atoms with Crippen molar-refractivity contribution in [1.82, 2.24) is 0 Å². The zero-order chi connectivity index (χ0) is 11.1. The lowest BCUT2D eigenvalue weighted by molar-refractivity contribution is 0.890. The van der Waals surface area contributed by atoms with Crippen molar-refractivity contribution in [2.75, 3.05) is 5.73 Å². The van der Waals surface area contributed by atoms with Crippen LogP contribution in [0.2, 0.25) is 0 Å². The van der Waals surface area contributed by atoms with Gasteiger partial charge in [-0.2, -0.15) is 0 Å². The van der Waals surface area contributed by atoms with Crippen LogP contribution in [0, 0.1) is 0 Å². The topological polar surface area (TPSA) is 26.0 Å². The number of hydrogen-bond acceptors (Lipinski definition) is 1. The number of fused-ring (bicyclic) bond motifs is 2. The predicted octanol–water partition coefficient (Wildman–Crippen LogP) is 2.97. The quantitative estimate of drug-likeness (QED) is 0.593. The van der Waals surface area contributed by atoms with Gasteiger partial charge < -0.3 is 5.73 Å². The van der Waals surface area contributed by atoms with Crippen LogP contribution < -0.4 is 5.73 Å². The van der Waals surface area contributed by atoms with Crippen LogP contribution in [0.1, 0.15) is 40.7 Å². The Morgan fingerprint density at radius 2 is 1.44 bits per heavy atom. The monoisotopic (exact) mass is 213 g/mol. The molecule has 0 saturated carbocycles. The van der Waals surface area contributed by atoms with Gasteiger partial charge in [-0.3, -0.25) is 0 Å². The van der Waals surface area contributed by atoms with Crippen LogP contribution in [-0.2, 0) is 32.1 Å². The van der Waals surface area contributed by atoms with Gasteiger partial charge in [-0.15, -0.1) is 6.58 Å². The molecule has 0 fully saturated rings. The highest BCUT2D eigenvalue weighted by Gasteiger charge is 2.26. The summed E-state index contributed by atoms with van der Waals surface area (Å²) in [5.74, 6) is 0. The Hall–Kier alpha value is -1.24. The molecule has 2 aliphatic rings. The van der Waals surface area contributed by atoms with Gasteiger partial charge in [-0.05, 0) is 72.8 Å². The van der Waals surface area contributed by atoms with Gasteiger partial charge >= 0.3 is 0 Å². The number of hydrogen-bond donors (Lipinski definition) is 1. The van der Waals surface area contributed by atoms with Crippen molar-refractivity contribution in [2.24, 2.45) is 0 Å². The van der Waals surface area contributed by atoms with E-state index < -0.39 is 0 Å². The van der Waals surface area contributed by atoms with E-state index in [0.717, 1.165) is 12.1 Å². The van der Waals surface area contributed by atoms with E-state index in [0.29, 0.717) is 0 Å². The fourth-order valence-corrected chi connectivity index (χ4v) is 3.50. The van der Waals surface area contributed by atoms with Crippen LogP contribution in [-0.4, -0.2) is 0 Å². The van der Waals surface area contributed by atoms with Gasteiger partial charge in [0.2, 0.25) is 0 Å². The van der Waals surface area contributed by atoms with E-state index in [4.69, 9.17) is 5.73 Å². The Kier molecular flexibility index (Phi) is 2.27. The molecule has 3 rings (SSSR count). The maximum absolute atomic E-state index is 6.33. The molecule has 1 aromatic rings. The molecule has 2 N–H and O–H groups in total. The second-order valence-corrected chi connectivity index (χ2v) is 5.01. The average Bonchev–Trinajstić information content (AvgIpc) is 2.92. The van der Waals surface area contributed by atoms with E-state index in [9.17, 15) is 0 Å². The van der Waals surface area contributed by atoms with Crippen molar-refractivity contribution in [1.29, 1.82) is 0 Å². The summed E-state index contributed by atoms with van der Waals surface area (Å²) in [5.41, 5.74) is 15.1. The van der Waals surface area contributed by atoms with Crippen LogP contribution >= 0.6 is 0 Å². The van der Waals surface area contributed by atoms with Gasteiger partial charge in [0, 0.05) is 5.69 Å². The molecule has 0 unspecified atom stereocenters. The third-order valence-electron chi connectivity index (χ3n) is 4.16. The minimum absolute atomic E-state index is 1.03. The molecular formula is C15H19N. The van der Waals surface area contributed by atoms with Gasteiger partial charge in [-0.1, -0.05) is 6.08 Å². The van der Waals surface area contributed by atoms with Crippen molar-refractivity contribution in [3.8, 4) is 0 Å². The highest BCUT2D eigenvalue weighted by molar-refractivity contribution is 5.66. The van der Waals surface area contributed by atoms with Crippen LogP contribution in [0.4, 0.5) is 5.69 Å². The Balaban J connectivity index is 2.27. The molecular weight excluding hydrogens is 194 g/mol. The van der Waals surface area contributed by atoms with Gasteiger partial charge in [0.15, 0.2) is 0 Å². The van der Waals surface area contributed by atoms with Crippen LogP contribution in [0.15, 0.2) is 12.7 Å². The van der Waals surface area contributed by atoms with Crippen LogP contribution in [0.5, 0.6) is 0 Å². The summed E-state index contributed by atoms with van der Waals surface area (Å²) < 4.78 is 0. The Morgan fingerprint density at radius 1 is 0.938 bits per heavy atom. The molecule has 0 amide bonds. The SMILES string of the molecule is C=CCc1c2c(c(N)c3c1CCC3)CCC2. The number of nitrogen functional groups attached to an aromatic ring is 1. The first-order valence-electron chi connectivity index (χ1n) is 6.37. The molecule has 0 bridgehead atoms. The standard InChI is InChI=1S/C15H19N/c1-2-5-10-11-6-3-8-13(11)15(16)14-9-4-7-12(10)14/h2H,1,3-9,16H2. The summed E-state index contributed by atoms with van der Waals surface area (Å²) >= 11 is 0. The van der Waals surface area contributed by atoms with Gasteiger partial charge in [0.25, 0.3) is 0 Å². The zero-order valence-corrected chi connectivity index (χ0v) is 9.81. The first kappa shape index (κ1) is 9.95. The molecule has 16 heavy (non-hydrogen) atoms. The summed E-state index contributed by atoms with van der Waals surface area (Å²) in [5, 5.41) is 0. The van der Waals surface area contributed by atoms with E-state index in [1.165, 1.54) is 49.7 Å². The van der Waals surface area contributed by atoms with Crippen molar-refractivity contribution in [2.45, 2.75) is 44.9 Å². The Bertz CT molecular complexity index is 422. The number of rotatable bonds is 2. The van der Waals surface area contributed by atoms with Crippen molar-refractivity contribution < 1.29 is 0 Å². The molecule has 0 heterocycles. The van der Waals surface area contributed by atoms with Crippen LogP contribution in [0.3, 0.4) is 0 Å². The van der Waals surface area contributed by atoms with Gasteiger partial charge in [0.1, 0.15) is 0 Å². The van der Waals surface area contributed by atoms with Crippen molar-refractivity contribution >= 4 is 5.69 Å². The number of benzene rings is 1. The normalized spacial score (nSPS) is 17.2. The molecule has 0 atom stereocenters. The fraction of sp³-hybridized carbons (Fsp3) is 0.467. The van der Waals surface area contributed by atoms with E-state index in [1.54, 1.807) is 16.7 Å². The second kappa shape index (κ2) is 3.65. The minimum Gasteiger partial charge on any atom is -0.398 e. The molecule has 0 saturated heterocycles. The summed E-state index contributed by atoms with van der Waals surface area (Å²) in [4.78, 5) is 0. The molecule has 1 heteroatoms. The molecule has 0 aliphatic heterocycles. The smallest absolute Gasteiger partial charge is 0.0384 e. The maximum atomic E-state index is 6.33. The summed E-state index contributed by atoms with van der Waals surface area (Å²) in [6.45, 7) is 3.90. The number of allylic oxidation sites excluding steroid dienone is 1. The van der Waals surface area contributed by atoms with Crippen molar-refractivity contribution in [3.63, 3.8) is 0 Å². The lowest BCUT2D eigenvalue weighted by atomic mass is 9.90. The van der Waals surface area contributed by atoms with Crippen LogP contribution in [0.25, 0.3) is 0 Å². The average molecular weight is 213 g/mol. The third kappa shape index (κ3) is 1.24. The van der Waals surface area contributed by atoms with Gasteiger partial charge in [-0.25, -0.2) is 0 Å². The van der Waals surface area contributed by atoms with Crippen molar-refractivity contribution in [3.05, 3.63) is 40.5 Å². The maximum Gasteiger partial charge on any atom is 0.0384 e. The molecule has 0 radical (unpaired) electrons. The lowest BCUT2D eigenvalue weighted by Gasteiger charge is -2.16. The Morgan fingerprint density at radius 3 is 1.94 bits per heavy atom. The molecule has 1 nitrogen and oxygen atoms in total. The summed E-state index contributed by atoms with van der Waals surface area (Å²) in [6, 6.07) is 0.